The van der Waals surface area contributed by atoms with Gasteiger partial charge in [-0.05, 0) is 43.5 Å². The lowest BCUT2D eigenvalue weighted by Gasteiger charge is -2.20. The van der Waals surface area contributed by atoms with Gasteiger partial charge in [0.15, 0.2) is 0 Å². The summed E-state index contributed by atoms with van der Waals surface area (Å²) in [5, 5.41) is 3.02. The molecule has 1 aromatic rings. The minimum Gasteiger partial charge on any atom is -0.494 e. The summed E-state index contributed by atoms with van der Waals surface area (Å²) in [7, 11) is 0. The summed E-state index contributed by atoms with van der Waals surface area (Å²) in [6.45, 7) is 2.95. The third-order valence-electron chi connectivity index (χ3n) is 4.11. The van der Waals surface area contributed by atoms with Gasteiger partial charge >= 0.3 is 0 Å². The fraction of sp³-hybridized carbons (Fsp3) is 0.611. The summed E-state index contributed by atoms with van der Waals surface area (Å²) in [6, 6.07) is 7.72. The maximum atomic E-state index is 12.2. The van der Waals surface area contributed by atoms with E-state index in [1.807, 2.05) is 24.3 Å². The van der Waals surface area contributed by atoms with Crippen LogP contribution in [0.25, 0.3) is 0 Å². The molecule has 1 fully saturated rings. The molecule has 1 aliphatic carbocycles. The molecule has 1 aliphatic rings. The lowest BCUT2D eigenvalue weighted by Crippen LogP contribution is -2.24. The van der Waals surface area contributed by atoms with E-state index in [4.69, 9.17) is 4.74 Å². The number of amides is 1. The lowest BCUT2D eigenvalue weighted by molar-refractivity contribution is -0.120. The second-order valence-electron chi connectivity index (χ2n) is 5.90. The number of rotatable bonds is 7. The Labute approximate surface area is 128 Å². The van der Waals surface area contributed by atoms with Crippen molar-refractivity contribution in [2.45, 2.75) is 58.3 Å². The zero-order chi connectivity index (χ0) is 14.9. The Morgan fingerprint density at radius 1 is 1.14 bits per heavy atom. The number of hydrogen-bond donors (Lipinski definition) is 1. The van der Waals surface area contributed by atoms with Gasteiger partial charge in [0.25, 0.3) is 0 Å². The number of nitrogens with one attached hydrogen (secondary N) is 1. The van der Waals surface area contributed by atoms with E-state index in [-0.39, 0.29) is 11.8 Å². The Kier molecular flexibility index (Phi) is 6.58. The Hall–Kier alpha value is -1.51. The average Bonchev–Trinajstić information content (AvgIpc) is 2.54. The summed E-state index contributed by atoms with van der Waals surface area (Å²) in [6.07, 6.45) is 9.20. The monoisotopic (exact) mass is 289 g/mol. The fourth-order valence-electron chi connectivity index (χ4n) is 2.79. The van der Waals surface area contributed by atoms with Crippen molar-refractivity contribution in [1.82, 2.24) is 0 Å². The number of ether oxygens (including phenoxy) is 1. The fourth-order valence-corrected chi connectivity index (χ4v) is 2.79. The van der Waals surface area contributed by atoms with E-state index in [0.717, 1.165) is 37.3 Å². The summed E-state index contributed by atoms with van der Waals surface area (Å²) in [4.78, 5) is 12.2. The minimum atomic E-state index is 0.173. The van der Waals surface area contributed by atoms with E-state index >= 15 is 0 Å². The number of carbonyl (C=O) groups excluding carboxylic acids is 1. The van der Waals surface area contributed by atoms with E-state index in [1.54, 1.807) is 0 Å². The van der Waals surface area contributed by atoms with Crippen LogP contribution in [0.3, 0.4) is 0 Å². The van der Waals surface area contributed by atoms with Crippen LogP contribution in [0.4, 0.5) is 5.69 Å². The van der Waals surface area contributed by atoms with Gasteiger partial charge in [-0.25, -0.2) is 0 Å². The van der Waals surface area contributed by atoms with E-state index in [0.29, 0.717) is 0 Å². The molecule has 0 aromatic heterocycles. The van der Waals surface area contributed by atoms with Crippen LogP contribution in [-0.2, 0) is 4.79 Å². The SMILES string of the molecule is CCCCCOc1ccc(NC(=O)C2CCCCC2)cc1. The van der Waals surface area contributed by atoms with Crippen molar-refractivity contribution in [1.29, 1.82) is 0 Å². The molecular formula is C18H27NO2. The maximum absolute atomic E-state index is 12.2. The third kappa shape index (κ3) is 5.41. The van der Waals surface area contributed by atoms with Gasteiger partial charge in [-0.15, -0.1) is 0 Å². The molecule has 0 aliphatic heterocycles. The first kappa shape index (κ1) is 15.9. The summed E-state index contributed by atoms with van der Waals surface area (Å²) < 4.78 is 5.67. The van der Waals surface area contributed by atoms with Gasteiger partial charge in [-0.2, -0.15) is 0 Å². The highest BCUT2D eigenvalue weighted by molar-refractivity contribution is 5.92. The molecule has 116 valence electrons. The zero-order valence-electron chi connectivity index (χ0n) is 13.1. The van der Waals surface area contributed by atoms with Crippen molar-refractivity contribution in [3.05, 3.63) is 24.3 Å². The molecule has 0 bridgehead atoms. The first-order chi connectivity index (χ1) is 10.3. The molecule has 1 amide bonds. The Morgan fingerprint density at radius 2 is 1.86 bits per heavy atom. The maximum Gasteiger partial charge on any atom is 0.227 e. The number of benzene rings is 1. The molecule has 21 heavy (non-hydrogen) atoms. The van der Waals surface area contributed by atoms with Crippen LogP contribution in [0.15, 0.2) is 24.3 Å². The molecule has 0 heterocycles. The second-order valence-corrected chi connectivity index (χ2v) is 5.90. The lowest BCUT2D eigenvalue weighted by atomic mass is 9.88. The summed E-state index contributed by atoms with van der Waals surface area (Å²) in [5.41, 5.74) is 0.867. The molecule has 2 rings (SSSR count). The number of carbonyl (C=O) groups is 1. The van der Waals surface area contributed by atoms with Crippen LogP contribution < -0.4 is 10.1 Å². The van der Waals surface area contributed by atoms with Gasteiger partial charge in [0.2, 0.25) is 5.91 Å². The van der Waals surface area contributed by atoms with Crippen molar-refractivity contribution in [3.63, 3.8) is 0 Å². The van der Waals surface area contributed by atoms with Crippen LogP contribution in [0.2, 0.25) is 0 Å². The van der Waals surface area contributed by atoms with Crippen molar-refractivity contribution < 1.29 is 9.53 Å². The van der Waals surface area contributed by atoms with Crippen molar-refractivity contribution in [2.24, 2.45) is 5.92 Å². The van der Waals surface area contributed by atoms with Crippen LogP contribution in [0.5, 0.6) is 5.75 Å². The Bertz CT molecular complexity index is 421. The Balaban J connectivity index is 1.77. The molecular weight excluding hydrogens is 262 g/mol. The highest BCUT2D eigenvalue weighted by Crippen LogP contribution is 2.25. The summed E-state index contributed by atoms with van der Waals surface area (Å²) >= 11 is 0. The molecule has 1 aromatic carbocycles. The standard InChI is InChI=1S/C18H27NO2/c1-2-3-7-14-21-17-12-10-16(11-13-17)19-18(20)15-8-5-4-6-9-15/h10-13,15H,2-9,14H2,1H3,(H,19,20). The van der Waals surface area contributed by atoms with Gasteiger partial charge in [0.05, 0.1) is 6.61 Å². The molecule has 0 radical (unpaired) electrons. The minimum absolute atomic E-state index is 0.173. The van der Waals surface area contributed by atoms with Gasteiger partial charge in [-0.3, -0.25) is 4.79 Å². The van der Waals surface area contributed by atoms with Crippen LogP contribution in [0, 0.1) is 5.92 Å². The van der Waals surface area contributed by atoms with Gasteiger partial charge < -0.3 is 10.1 Å². The molecule has 0 spiro atoms. The number of anilines is 1. The normalized spacial score (nSPS) is 15.7. The second kappa shape index (κ2) is 8.71. The highest BCUT2D eigenvalue weighted by Gasteiger charge is 2.20. The van der Waals surface area contributed by atoms with Gasteiger partial charge in [0, 0.05) is 11.6 Å². The number of unbranched alkanes of at least 4 members (excludes halogenated alkanes) is 2. The van der Waals surface area contributed by atoms with E-state index < -0.39 is 0 Å². The topological polar surface area (TPSA) is 38.3 Å². The first-order valence-corrected chi connectivity index (χ1v) is 8.33. The van der Waals surface area contributed by atoms with E-state index in [9.17, 15) is 4.79 Å². The Morgan fingerprint density at radius 3 is 2.52 bits per heavy atom. The van der Waals surface area contributed by atoms with Gasteiger partial charge in [-0.1, -0.05) is 39.0 Å². The quantitative estimate of drug-likeness (QED) is 0.734. The van der Waals surface area contributed by atoms with Crippen LogP contribution in [0.1, 0.15) is 58.3 Å². The predicted molar refractivity (Wildman–Crippen MR) is 86.7 cm³/mol. The van der Waals surface area contributed by atoms with Crippen LogP contribution >= 0.6 is 0 Å². The molecule has 1 saturated carbocycles. The van der Waals surface area contributed by atoms with Gasteiger partial charge in [0.1, 0.15) is 5.75 Å². The van der Waals surface area contributed by atoms with E-state index in [2.05, 4.69) is 12.2 Å². The average molecular weight is 289 g/mol. The number of hydrogen-bond acceptors (Lipinski definition) is 2. The van der Waals surface area contributed by atoms with Crippen molar-refractivity contribution >= 4 is 11.6 Å². The predicted octanol–water partition coefficient (Wildman–Crippen LogP) is 4.77. The molecule has 0 unspecified atom stereocenters. The van der Waals surface area contributed by atoms with Crippen molar-refractivity contribution in [3.8, 4) is 5.75 Å². The molecule has 0 atom stereocenters. The highest BCUT2D eigenvalue weighted by atomic mass is 16.5. The summed E-state index contributed by atoms with van der Waals surface area (Å²) in [5.74, 6) is 1.25. The van der Waals surface area contributed by atoms with E-state index in [1.165, 1.54) is 32.1 Å². The molecule has 3 nitrogen and oxygen atoms in total. The molecule has 1 N–H and O–H groups in total. The molecule has 3 heteroatoms. The van der Waals surface area contributed by atoms with Crippen LogP contribution in [-0.4, -0.2) is 12.5 Å². The van der Waals surface area contributed by atoms with Crippen molar-refractivity contribution in [2.75, 3.05) is 11.9 Å². The largest absolute Gasteiger partial charge is 0.494 e. The zero-order valence-corrected chi connectivity index (χ0v) is 13.1. The first-order valence-electron chi connectivity index (χ1n) is 8.33. The molecule has 0 saturated heterocycles. The third-order valence-corrected chi connectivity index (χ3v) is 4.11. The smallest absolute Gasteiger partial charge is 0.227 e.